The van der Waals surface area contributed by atoms with Crippen molar-refractivity contribution in [1.29, 1.82) is 0 Å². The van der Waals surface area contributed by atoms with E-state index in [4.69, 9.17) is 0 Å². The number of hydrogen-bond donors (Lipinski definition) is 0. The van der Waals surface area contributed by atoms with E-state index in [2.05, 4.69) is 31.2 Å². The minimum Gasteiger partial charge on any atom is -0.250 e. The lowest BCUT2D eigenvalue weighted by molar-refractivity contribution is 0.391. The van der Waals surface area contributed by atoms with Gasteiger partial charge in [0.05, 0.1) is 6.67 Å². The van der Waals surface area contributed by atoms with E-state index in [0.717, 1.165) is 18.4 Å². The van der Waals surface area contributed by atoms with Crippen molar-refractivity contribution in [3.63, 3.8) is 0 Å². The molecule has 0 aliphatic carbocycles. The molecule has 0 aromatic heterocycles. The Morgan fingerprint density at radius 3 is 1.68 bits per heavy atom. The Labute approximate surface area is 115 Å². The quantitative estimate of drug-likeness (QED) is 0.656. The van der Waals surface area contributed by atoms with E-state index in [-0.39, 0.29) is 12.6 Å². The van der Waals surface area contributed by atoms with Crippen molar-refractivity contribution in [1.82, 2.24) is 0 Å². The zero-order valence-electron chi connectivity index (χ0n) is 11.4. The molecule has 0 amide bonds. The van der Waals surface area contributed by atoms with Crippen LogP contribution in [-0.2, 0) is 0 Å². The summed E-state index contributed by atoms with van der Waals surface area (Å²) in [6.45, 7) is 1.89. The number of hydrogen-bond acceptors (Lipinski definition) is 0. The van der Waals surface area contributed by atoms with Gasteiger partial charge in [-0.15, -0.1) is 0 Å². The minimum absolute atomic E-state index is 0.00589. The maximum Gasteiger partial charge on any atom is 0.0963 e. The Morgan fingerprint density at radius 2 is 1.26 bits per heavy atom. The van der Waals surface area contributed by atoms with Gasteiger partial charge in [-0.25, -0.2) is 0 Å². The first-order chi connectivity index (χ1) is 9.35. The normalized spacial score (nSPS) is 14.0. The summed E-state index contributed by atoms with van der Waals surface area (Å²) in [6, 6.07) is 20.5. The molecular weight excluding hydrogens is 235 g/mol. The van der Waals surface area contributed by atoms with Crippen LogP contribution in [0.3, 0.4) is 0 Å². The van der Waals surface area contributed by atoms with Crippen molar-refractivity contribution >= 4 is 0 Å². The van der Waals surface area contributed by atoms with Crippen LogP contribution in [0.4, 0.5) is 4.39 Å². The van der Waals surface area contributed by atoms with Crippen LogP contribution >= 0.6 is 0 Å². The summed E-state index contributed by atoms with van der Waals surface area (Å²) in [5, 5.41) is 0. The van der Waals surface area contributed by atoms with E-state index in [0.29, 0.717) is 5.92 Å². The predicted octanol–water partition coefficient (Wildman–Crippen LogP) is 5.32. The number of rotatable bonds is 6. The van der Waals surface area contributed by atoms with Gasteiger partial charge in [0.1, 0.15) is 0 Å². The first-order valence-electron chi connectivity index (χ1n) is 7.01. The number of benzene rings is 2. The Bertz CT molecular complexity index is 418. The molecule has 0 radical (unpaired) electrons. The van der Waals surface area contributed by atoms with Gasteiger partial charge < -0.3 is 0 Å². The standard InChI is InChI=1S/C18H21F/c1-2-15(16-9-5-3-6-10-16)13-18(14-19)17-11-7-4-8-12-17/h3-12,15,18H,2,13-14H2,1H3. The van der Waals surface area contributed by atoms with E-state index in [1.54, 1.807) is 0 Å². The molecule has 0 saturated carbocycles. The smallest absolute Gasteiger partial charge is 0.0963 e. The van der Waals surface area contributed by atoms with Crippen molar-refractivity contribution in [2.75, 3.05) is 6.67 Å². The van der Waals surface area contributed by atoms with Gasteiger partial charge in [0, 0.05) is 5.92 Å². The van der Waals surface area contributed by atoms with Crippen LogP contribution in [0.2, 0.25) is 0 Å². The molecule has 2 atom stereocenters. The summed E-state index contributed by atoms with van der Waals surface area (Å²) in [5.41, 5.74) is 2.43. The summed E-state index contributed by atoms with van der Waals surface area (Å²) in [4.78, 5) is 0. The molecule has 0 fully saturated rings. The van der Waals surface area contributed by atoms with Crippen LogP contribution in [0.25, 0.3) is 0 Å². The molecule has 2 aromatic carbocycles. The van der Waals surface area contributed by atoms with E-state index < -0.39 is 0 Å². The predicted molar refractivity (Wildman–Crippen MR) is 79.2 cm³/mol. The van der Waals surface area contributed by atoms with E-state index in [9.17, 15) is 4.39 Å². The van der Waals surface area contributed by atoms with E-state index in [1.165, 1.54) is 5.56 Å². The number of alkyl halides is 1. The van der Waals surface area contributed by atoms with E-state index >= 15 is 0 Å². The topological polar surface area (TPSA) is 0 Å². The summed E-state index contributed by atoms with van der Waals surface area (Å²) >= 11 is 0. The molecule has 0 bridgehead atoms. The molecule has 0 nitrogen and oxygen atoms in total. The van der Waals surface area contributed by atoms with Crippen LogP contribution in [0.1, 0.15) is 42.7 Å². The molecule has 19 heavy (non-hydrogen) atoms. The van der Waals surface area contributed by atoms with Gasteiger partial charge in [-0.05, 0) is 29.9 Å². The van der Waals surface area contributed by atoms with Crippen LogP contribution in [0, 0.1) is 0 Å². The third-order valence-corrected chi connectivity index (χ3v) is 3.79. The largest absolute Gasteiger partial charge is 0.250 e. The van der Waals surface area contributed by atoms with Crippen molar-refractivity contribution in [2.24, 2.45) is 0 Å². The van der Waals surface area contributed by atoms with Crippen molar-refractivity contribution in [3.8, 4) is 0 Å². The van der Waals surface area contributed by atoms with Gasteiger partial charge >= 0.3 is 0 Å². The summed E-state index contributed by atoms with van der Waals surface area (Å²) in [6.07, 6.45) is 1.92. The molecular formula is C18H21F. The zero-order chi connectivity index (χ0) is 13.5. The van der Waals surface area contributed by atoms with Crippen LogP contribution in [-0.4, -0.2) is 6.67 Å². The molecule has 2 unspecified atom stereocenters. The molecule has 100 valence electrons. The summed E-state index contributed by atoms with van der Waals surface area (Å²) < 4.78 is 13.4. The van der Waals surface area contributed by atoms with Gasteiger partial charge in [0.25, 0.3) is 0 Å². The third-order valence-electron chi connectivity index (χ3n) is 3.79. The van der Waals surface area contributed by atoms with Gasteiger partial charge in [0.2, 0.25) is 0 Å². The van der Waals surface area contributed by atoms with Gasteiger partial charge in [0.15, 0.2) is 0 Å². The Balaban J connectivity index is 2.13. The second kappa shape index (κ2) is 7.08. The highest BCUT2D eigenvalue weighted by atomic mass is 19.1. The minimum atomic E-state index is -0.284. The fourth-order valence-corrected chi connectivity index (χ4v) is 2.62. The average molecular weight is 256 g/mol. The van der Waals surface area contributed by atoms with Gasteiger partial charge in [-0.1, -0.05) is 67.6 Å². The molecule has 2 rings (SSSR count). The summed E-state index contributed by atoms with van der Waals surface area (Å²) in [5.74, 6) is 0.438. The van der Waals surface area contributed by atoms with Crippen LogP contribution < -0.4 is 0 Å². The van der Waals surface area contributed by atoms with Crippen LogP contribution in [0.15, 0.2) is 60.7 Å². The lowest BCUT2D eigenvalue weighted by Crippen LogP contribution is -2.08. The maximum absolute atomic E-state index is 13.4. The highest BCUT2D eigenvalue weighted by Gasteiger charge is 2.18. The maximum atomic E-state index is 13.4. The van der Waals surface area contributed by atoms with Crippen molar-refractivity contribution in [3.05, 3.63) is 71.8 Å². The third kappa shape index (κ3) is 3.66. The molecule has 1 heteroatoms. The molecule has 0 aliphatic rings. The lowest BCUT2D eigenvalue weighted by Gasteiger charge is -2.21. The first-order valence-corrected chi connectivity index (χ1v) is 7.01. The average Bonchev–Trinajstić information content (AvgIpc) is 2.50. The monoisotopic (exact) mass is 256 g/mol. The van der Waals surface area contributed by atoms with E-state index in [1.807, 2.05) is 36.4 Å². The first kappa shape index (κ1) is 13.8. The molecule has 0 saturated heterocycles. The second-order valence-electron chi connectivity index (χ2n) is 5.01. The summed E-state index contributed by atoms with van der Waals surface area (Å²) in [7, 11) is 0. The highest BCUT2D eigenvalue weighted by molar-refractivity contribution is 5.23. The van der Waals surface area contributed by atoms with Gasteiger partial charge in [-0.3, -0.25) is 4.39 Å². The SMILES string of the molecule is CCC(CC(CF)c1ccccc1)c1ccccc1. The molecule has 2 aromatic rings. The highest BCUT2D eigenvalue weighted by Crippen LogP contribution is 2.32. The lowest BCUT2D eigenvalue weighted by atomic mass is 9.84. The Morgan fingerprint density at radius 1 is 0.789 bits per heavy atom. The van der Waals surface area contributed by atoms with Crippen molar-refractivity contribution in [2.45, 2.75) is 31.6 Å². The molecule has 0 heterocycles. The zero-order valence-corrected chi connectivity index (χ0v) is 11.4. The molecule has 0 N–H and O–H groups in total. The Hall–Kier alpha value is -1.63. The fourth-order valence-electron chi connectivity index (χ4n) is 2.62. The van der Waals surface area contributed by atoms with Crippen LogP contribution in [0.5, 0.6) is 0 Å². The molecule has 0 aliphatic heterocycles. The Kier molecular flexibility index (Phi) is 5.14. The van der Waals surface area contributed by atoms with Crippen molar-refractivity contribution < 1.29 is 4.39 Å². The second-order valence-corrected chi connectivity index (χ2v) is 5.01. The van der Waals surface area contributed by atoms with Gasteiger partial charge in [-0.2, -0.15) is 0 Å². The molecule has 0 spiro atoms. The number of halogens is 1. The fraction of sp³-hybridized carbons (Fsp3) is 0.333.